The Balaban J connectivity index is 1.83. The molecule has 0 radical (unpaired) electrons. The van der Waals surface area contributed by atoms with E-state index in [1.54, 1.807) is 12.1 Å². The molecular formula is C33H30O10. The number of hydrogen-bond donors (Lipinski definition) is 1. The summed E-state index contributed by atoms with van der Waals surface area (Å²) in [5, 5.41) is 9.68. The standard InChI is InChI=1S/C33H30O10/c1-38-20-42-27-16-24(32(35)36)17-28(43-21-39-2)30(27)31(34)29-25(33(37)41-19-23-12-7-4-8-13-23)14-9-15-26(29)40-18-22-10-5-3-6-11-22/h3-17H,18-21H2,1-2H3,(H,35,36). The van der Waals surface area contributed by atoms with Gasteiger partial charge in [0.05, 0.1) is 16.7 Å². The quantitative estimate of drug-likeness (QED) is 0.108. The molecule has 0 aliphatic heterocycles. The van der Waals surface area contributed by atoms with Crippen molar-refractivity contribution in [1.29, 1.82) is 0 Å². The Morgan fingerprint density at radius 2 is 1.19 bits per heavy atom. The molecule has 0 aromatic heterocycles. The number of methoxy groups -OCH3 is 2. The zero-order valence-corrected chi connectivity index (χ0v) is 23.6. The average Bonchev–Trinajstić information content (AvgIpc) is 3.04. The second-order valence-corrected chi connectivity index (χ2v) is 9.10. The molecule has 4 rings (SSSR count). The molecular weight excluding hydrogens is 556 g/mol. The molecule has 0 aliphatic carbocycles. The number of benzene rings is 4. The number of aromatic carboxylic acids is 1. The van der Waals surface area contributed by atoms with E-state index in [1.165, 1.54) is 32.4 Å². The van der Waals surface area contributed by atoms with Gasteiger partial charge in [0.15, 0.2) is 13.6 Å². The first-order chi connectivity index (χ1) is 20.9. The SMILES string of the molecule is COCOc1cc(C(=O)O)cc(OCOC)c1C(=O)c1c(OCc2ccccc2)cccc1C(=O)OCc1ccccc1. The Morgan fingerprint density at radius 3 is 1.72 bits per heavy atom. The van der Waals surface area contributed by atoms with Crippen LogP contribution in [0.3, 0.4) is 0 Å². The number of carbonyl (C=O) groups is 3. The monoisotopic (exact) mass is 586 g/mol. The van der Waals surface area contributed by atoms with Gasteiger partial charge in [-0.25, -0.2) is 9.59 Å². The molecule has 0 atom stereocenters. The Morgan fingerprint density at radius 1 is 0.628 bits per heavy atom. The Kier molecular flexibility index (Phi) is 10.8. The lowest BCUT2D eigenvalue weighted by Gasteiger charge is -2.19. The van der Waals surface area contributed by atoms with Gasteiger partial charge in [-0.2, -0.15) is 0 Å². The molecule has 1 N–H and O–H groups in total. The summed E-state index contributed by atoms with van der Waals surface area (Å²) in [5.74, 6) is -2.96. The van der Waals surface area contributed by atoms with Gasteiger partial charge < -0.3 is 33.5 Å². The molecule has 0 aliphatic rings. The van der Waals surface area contributed by atoms with Gasteiger partial charge >= 0.3 is 11.9 Å². The van der Waals surface area contributed by atoms with Crippen LogP contribution in [0.4, 0.5) is 0 Å². The van der Waals surface area contributed by atoms with Crippen LogP contribution in [0.5, 0.6) is 17.2 Å². The Labute approximate surface area is 248 Å². The van der Waals surface area contributed by atoms with Crippen LogP contribution in [0.2, 0.25) is 0 Å². The van der Waals surface area contributed by atoms with Gasteiger partial charge in [0.1, 0.15) is 36.0 Å². The number of ether oxygens (including phenoxy) is 6. The minimum absolute atomic E-state index is 0.0277. The zero-order chi connectivity index (χ0) is 30.6. The lowest BCUT2D eigenvalue weighted by Crippen LogP contribution is -2.18. The number of rotatable bonds is 15. The van der Waals surface area contributed by atoms with Crippen LogP contribution in [0.1, 0.15) is 47.8 Å². The van der Waals surface area contributed by atoms with E-state index >= 15 is 0 Å². The van der Waals surface area contributed by atoms with Crippen LogP contribution >= 0.6 is 0 Å². The third-order valence-electron chi connectivity index (χ3n) is 6.13. The van der Waals surface area contributed by atoms with Crippen LogP contribution in [0.15, 0.2) is 91.0 Å². The fourth-order valence-corrected chi connectivity index (χ4v) is 4.13. The van der Waals surface area contributed by atoms with Crippen molar-refractivity contribution in [3.8, 4) is 17.2 Å². The molecule has 43 heavy (non-hydrogen) atoms. The molecule has 10 nitrogen and oxygen atoms in total. The van der Waals surface area contributed by atoms with E-state index in [4.69, 9.17) is 28.4 Å². The predicted molar refractivity (Wildman–Crippen MR) is 155 cm³/mol. The van der Waals surface area contributed by atoms with Gasteiger partial charge in [0.25, 0.3) is 0 Å². The maximum Gasteiger partial charge on any atom is 0.339 e. The molecule has 0 heterocycles. The number of esters is 1. The lowest BCUT2D eigenvalue weighted by atomic mass is 9.94. The smallest absolute Gasteiger partial charge is 0.339 e. The molecule has 0 saturated heterocycles. The van der Waals surface area contributed by atoms with E-state index < -0.39 is 17.7 Å². The predicted octanol–water partition coefficient (Wildman–Crippen LogP) is 5.52. The second-order valence-electron chi connectivity index (χ2n) is 9.10. The molecule has 4 aromatic rings. The van der Waals surface area contributed by atoms with Crippen molar-refractivity contribution < 1.29 is 47.9 Å². The van der Waals surface area contributed by atoms with Gasteiger partial charge in [-0.3, -0.25) is 4.79 Å². The summed E-state index contributed by atoms with van der Waals surface area (Å²) in [5.41, 5.74) is 1.04. The number of carboxylic acids is 1. The van der Waals surface area contributed by atoms with E-state index in [0.29, 0.717) is 0 Å². The number of hydrogen-bond acceptors (Lipinski definition) is 9. The highest BCUT2D eigenvalue weighted by Gasteiger charge is 2.30. The highest BCUT2D eigenvalue weighted by molar-refractivity contribution is 6.19. The van der Waals surface area contributed by atoms with E-state index in [2.05, 4.69) is 0 Å². The fourth-order valence-electron chi connectivity index (χ4n) is 4.13. The van der Waals surface area contributed by atoms with Crippen molar-refractivity contribution in [2.24, 2.45) is 0 Å². The first-order valence-corrected chi connectivity index (χ1v) is 13.1. The molecule has 10 heteroatoms. The molecule has 4 aromatic carbocycles. The minimum Gasteiger partial charge on any atom is -0.488 e. The van der Waals surface area contributed by atoms with Crippen LogP contribution < -0.4 is 14.2 Å². The van der Waals surface area contributed by atoms with Crippen LogP contribution in [0.25, 0.3) is 0 Å². The van der Waals surface area contributed by atoms with Crippen molar-refractivity contribution in [3.63, 3.8) is 0 Å². The van der Waals surface area contributed by atoms with Crippen molar-refractivity contribution in [3.05, 3.63) is 124 Å². The summed E-state index contributed by atoms with van der Waals surface area (Å²) in [7, 11) is 2.75. The zero-order valence-electron chi connectivity index (χ0n) is 23.6. The normalized spacial score (nSPS) is 10.6. The average molecular weight is 587 g/mol. The van der Waals surface area contributed by atoms with Crippen LogP contribution in [-0.4, -0.2) is 50.6 Å². The summed E-state index contributed by atoms with van der Waals surface area (Å²) < 4.78 is 32.9. The van der Waals surface area contributed by atoms with E-state index in [1.807, 2.05) is 60.7 Å². The van der Waals surface area contributed by atoms with Gasteiger partial charge in [0, 0.05) is 14.2 Å². The molecule has 0 amide bonds. The maximum absolute atomic E-state index is 14.5. The topological polar surface area (TPSA) is 127 Å². The van der Waals surface area contributed by atoms with Crippen molar-refractivity contribution >= 4 is 17.7 Å². The number of carbonyl (C=O) groups excluding carboxylic acids is 2. The van der Waals surface area contributed by atoms with Crippen LogP contribution in [-0.2, 0) is 27.4 Å². The van der Waals surface area contributed by atoms with E-state index in [9.17, 15) is 19.5 Å². The summed E-state index contributed by atoms with van der Waals surface area (Å²) in [6.45, 7) is -0.530. The first-order valence-electron chi connectivity index (χ1n) is 13.1. The number of carboxylic acid groups (broad SMARTS) is 1. The van der Waals surface area contributed by atoms with Crippen LogP contribution in [0, 0.1) is 0 Å². The highest BCUT2D eigenvalue weighted by atomic mass is 16.7. The molecule has 0 bridgehead atoms. The largest absolute Gasteiger partial charge is 0.488 e. The maximum atomic E-state index is 14.5. The second kappa shape index (κ2) is 15.2. The fraction of sp³-hybridized carbons (Fsp3) is 0.182. The van der Waals surface area contributed by atoms with E-state index in [0.717, 1.165) is 11.1 Å². The molecule has 0 fully saturated rings. The van der Waals surface area contributed by atoms with Gasteiger partial charge in [-0.15, -0.1) is 0 Å². The molecule has 0 spiro atoms. The lowest BCUT2D eigenvalue weighted by molar-refractivity contribution is 0.0436. The van der Waals surface area contributed by atoms with Gasteiger partial charge in [-0.1, -0.05) is 66.7 Å². The highest BCUT2D eigenvalue weighted by Crippen LogP contribution is 2.37. The van der Waals surface area contributed by atoms with Gasteiger partial charge in [0.2, 0.25) is 5.78 Å². The summed E-state index contributed by atoms with van der Waals surface area (Å²) in [6, 6.07) is 25.3. The van der Waals surface area contributed by atoms with Crippen molar-refractivity contribution in [1.82, 2.24) is 0 Å². The van der Waals surface area contributed by atoms with E-state index in [-0.39, 0.29) is 66.3 Å². The summed E-state index contributed by atoms with van der Waals surface area (Å²) >= 11 is 0. The van der Waals surface area contributed by atoms with Gasteiger partial charge in [-0.05, 0) is 35.4 Å². The summed E-state index contributed by atoms with van der Waals surface area (Å²) in [4.78, 5) is 39.8. The Bertz CT molecular complexity index is 1520. The minimum atomic E-state index is -1.28. The van der Waals surface area contributed by atoms with Crippen molar-refractivity contribution in [2.75, 3.05) is 27.8 Å². The molecule has 222 valence electrons. The molecule has 0 saturated carbocycles. The van der Waals surface area contributed by atoms with Crippen molar-refractivity contribution in [2.45, 2.75) is 13.2 Å². The summed E-state index contributed by atoms with van der Waals surface area (Å²) in [6.07, 6.45) is 0. The first kappa shape index (κ1) is 30.8. The molecule has 0 unspecified atom stereocenters. The Hall–Kier alpha value is -5.19. The number of ketones is 1. The third kappa shape index (κ3) is 7.97. The third-order valence-corrected chi connectivity index (χ3v) is 6.13.